The molecule has 0 saturated heterocycles. The second kappa shape index (κ2) is 7.07. The molecule has 0 aliphatic heterocycles. The van der Waals surface area contributed by atoms with Crippen LogP contribution in [0, 0.1) is 11.8 Å². The Labute approximate surface area is 67.7 Å². The van der Waals surface area contributed by atoms with E-state index < -0.39 is 0 Å². The topological polar surface area (TPSA) is 35.2 Å². The minimum Gasteiger partial charge on any atom is -0.300 e. The number of hydrogen-bond donors (Lipinski definition) is 1. The number of nitrogens with two attached hydrogens (primary N) is 1. The van der Waals surface area contributed by atoms with Gasteiger partial charge < -0.3 is 4.84 Å². The number of rotatable bonds is 2. The van der Waals surface area contributed by atoms with Crippen LogP contribution in [0.4, 0.5) is 0 Å². The summed E-state index contributed by atoms with van der Waals surface area (Å²) in [6, 6.07) is 0. The molecule has 0 aromatic carbocycles. The first-order valence-electron chi connectivity index (χ1n) is 3.42. The van der Waals surface area contributed by atoms with E-state index in [1.165, 1.54) is 0 Å². The van der Waals surface area contributed by atoms with Gasteiger partial charge in [-0.3, -0.25) is 0 Å². The van der Waals surface area contributed by atoms with Crippen LogP contribution in [0.3, 0.4) is 0 Å². The quantitative estimate of drug-likeness (QED) is 0.478. The molecule has 0 spiro atoms. The summed E-state index contributed by atoms with van der Waals surface area (Å²) in [5, 5.41) is 0. The minimum atomic E-state index is 0.413. The van der Waals surface area contributed by atoms with E-state index in [2.05, 4.69) is 16.7 Å². The number of allylic oxidation sites excluding steroid dienone is 3. The third kappa shape index (κ3) is 6.85. The van der Waals surface area contributed by atoms with E-state index in [1.807, 2.05) is 26.0 Å². The summed E-state index contributed by atoms with van der Waals surface area (Å²) in [4.78, 5) is 4.36. The standard InChI is InChI=1S/C9H13NO/c1-3-4-5-6-9(2)7-8-11-10/h3-4,7H,8,10H2,1-2H3/b4-3-,9-7+. The Hall–Kier alpha value is -1.04. The fourth-order valence-electron chi connectivity index (χ4n) is 0.463. The van der Waals surface area contributed by atoms with Crippen LogP contribution in [0.5, 0.6) is 0 Å². The monoisotopic (exact) mass is 151 g/mol. The van der Waals surface area contributed by atoms with Crippen molar-refractivity contribution in [2.24, 2.45) is 5.90 Å². The molecule has 0 fully saturated rings. The fraction of sp³-hybridized carbons (Fsp3) is 0.333. The van der Waals surface area contributed by atoms with E-state index in [0.29, 0.717) is 6.61 Å². The highest BCUT2D eigenvalue weighted by atomic mass is 16.6. The van der Waals surface area contributed by atoms with Crippen LogP contribution in [-0.2, 0) is 4.84 Å². The Morgan fingerprint density at radius 3 is 2.91 bits per heavy atom. The van der Waals surface area contributed by atoms with Gasteiger partial charge in [0.25, 0.3) is 0 Å². The van der Waals surface area contributed by atoms with Crippen molar-refractivity contribution in [1.82, 2.24) is 0 Å². The van der Waals surface area contributed by atoms with Crippen LogP contribution in [-0.4, -0.2) is 6.61 Å². The van der Waals surface area contributed by atoms with Crippen molar-refractivity contribution in [1.29, 1.82) is 0 Å². The third-order valence-electron chi connectivity index (χ3n) is 1.01. The molecule has 0 atom stereocenters. The maximum absolute atomic E-state index is 4.82. The molecular weight excluding hydrogens is 138 g/mol. The van der Waals surface area contributed by atoms with Gasteiger partial charge in [0.05, 0.1) is 6.61 Å². The van der Waals surface area contributed by atoms with Gasteiger partial charge in [-0.1, -0.05) is 17.9 Å². The van der Waals surface area contributed by atoms with Gasteiger partial charge >= 0.3 is 0 Å². The van der Waals surface area contributed by atoms with Gasteiger partial charge in [0.15, 0.2) is 0 Å². The molecule has 60 valence electrons. The highest BCUT2D eigenvalue weighted by Crippen LogP contribution is 1.87. The summed E-state index contributed by atoms with van der Waals surface area (Å²) in [6.45, 7) is 4.25. The Balaban J connectivity index is 3.86. The molecule has 0 aromatic rings. The zero-order chi connectivity index (χ0) is 8.53. The van der Waals surface area contributed by atoms with Gasteiger partial charge in [0.2, 0.25) is 0 Å². The largest absolute Gasteiger partial charge is 0.300 e. The molecule has 0 aromatic heterocycles. The first-order chi connectivity index (χ1) is 5.31. The molecule has 0 heterocycles. The van der Waals surface area contributed by atoms with E-state index in [0.717, 1.165) is 5.57 Å². The Morgan fingerprint density at radius 1 is 1.64 bits per heavy atom. The second-order valence-electron chi connectivity index (χ2n) is 1.99. The molecule has 0 rings (SSSR count). The SMILES string of the molecule is C/C=C\C#C/C(C)=C/CON. The van der Waals surface area contributed by atoms with Gasteiger partial charge in [-0.25, -0.2) is 5.90 Å². The number of hydrogen-bond acceptors (Lipinski definition) is 2. The average Bonchev–Trinajstić information content (AvgIpc) is 2.01. The molecule has 2 heteroatoms. The summed E-state index contributed by atoms with van der Waals surface area (Å²) in [5.41, 5.74) is 0.966. The van der Waals surface area contributed by atoms with Crippen LogP contribution < -0.4 is 5.90 Å². The van der Waals surface area contributed by atoms with Gasteiger partial charge in [-0.2, -0.15) is 0 Å². The predicted octanol–water partition coefficient (Wildman–Crippen LogP) is 1.40. The zero-order valence-corrected chi connectivity index (χ0v) is 6.92. The van der Waals surface area contributed by atoms with Crippen LogP contribution >= 0.6 is 0 Å². The molecule has 0 radical (unpaired) electrons. The Morgan fingerprint density at radius 2 is 2.36 bits per heavy atom. The van der Waals surface area contributed by atoms with E-state index in [4.69, 9.17) is 5.90 Å². The maximum atomic E-state index is 4.82. The van der Waals surface area contributed by atoms with Crippen molar-refractivity contribution in [3.8, 4) is 11.8 Å². The van der Waals surface area contributed by atoms with Crippen molar-refractivity contribution in [3.05, 3.63) is 23.8 Å². The predicted molar refractivity (Wildman–Crippen MR) is 46.5 cm³/mol. The Kier molecular flexibility index (Phi) is 6.40. The summed E-state index contributed by atoms with van der Waals surface area (Å²) in [6.07, 6.45) is 5.51. The molecule has 0 bridgehead atoms. The van der Waals surface area contributed by atoms with E-state index in [1.54, 1.807) is 6.08 Å². The maximum Gasteiger partial charge on any atom is 0.0872 e. The molecule has 2 N–H and O–H groups in total. The highest BCUT2D eigenvalue weighted by molar-refractivity contribution is 5.30. The van der Waals surface area contributed by atoms with E-state index >= 15 is 0 Å². The van der Waals surface area contributed by atoms with Crippen molar-refractivity contribution >= 4 is 0 Å². The third-order valence-corrected chi connectivity index (χ3v) is 1.01. The molecule has 0 saturated carbocycles. The minimum absolute atomic E-state index is 0.413. The zero-order valence-electron chi connectivity index (χ0n) is 6.92. The lowest BCUT2D eigenvalue weighted by atomic mass is 10.3. The molecule has 0 aliphatic carbocycles. The lowest BCUT2D eigenvalue weighted by Crippen LogP contribution is -1.97. The molecule has 0 unspecified atom stereocenters. The lowest BCUT2D eigenvalue weighted by Gasteiger charge is -1.87. The highest BCUT2D eigenvalue weighted by Gasteiger charge is 1.78. The van der Waals surface area contributed by atoms with Gasteiger partial charge in [-0.05, 0) is 31.6 Å². The normalized spacial score (nSPS) is 11.4. The van der Waals surface area contributed by atoms with Crippen LogP contribution in [0.2, 0.25) is 0 Å². The van der Waals surface area contributed by atoms with Crippen molar-refractivity contribution in [2.75, 3.05) is 6.61 Å². The van der Waals surface area contributed by atoms with Gasteiger partial charge in [0.1, 0.15) is 0 Å². The fourth-order valence-corrected chi connectivity index (χ4v) is 0.463. The molecular formula is C9H13NO. The van der Waals surface area contributed by atoms with Crippen molar-refractivity contribution < 1.29 is 4.84 Å². The summed E-state index contributed by atoms with van der Waals surface area (Å²) < 4.78 is 0. The van der Waals surface area contributed by atoms with Crippen molar-refractivity contribution in [2.45, 2.75) is 13.8 Å². The first kappa shape index (κ1) is 9.96. The van der Waals surface area contributed by atoms with E-state index in [9.17, 15) is 0 Å². The van der Waals surface area contributed by atoms with E-state index in [-0.39, 0.29) is 0 Å². The Bertz CT molecular complexity index is 205. The smallest absolute Gasteiger partial charge is 0.0872 e. The van der Waals surface area contributed by atoms with Gasteiger partial charge in [-0.15, -0.1) is 0 Å². The van der Waals surface area contributed by atoms with Crippen molar-refractivity contribution in [3.63, 3.8) is 0 Å². The van der Waals surface area contributed by atoms with Crippen LogP contribution in [0.1, 0.15) is 13.8 Å². The average molecular weight is 151 g/mol. The molecule has 0 amide bonds. The lowest BCUT2D eigenvalue weighted by molar-refractivity contribution is 0.167. The van der Waals surface area contributed by atoms with Crippen LogP contribution in [0.15, 0.2) is 23.8 Å². The summed E-state index contributed by atoms with van der Waals surface area (Å²) in [5.74, 6) is 10.6. The first-order valence-corrected chi connectivity index (χ1v) is 3.42. The molecule has 2 nitrogen and oxygen atoms in total. The summed E-state index contributed by atoms with van der Waals surface area (Å²) in [7, 11) is 0. The molecule has 11 heavy (non-hydrogen) atoms. The second-order valence-corrected chi connectivity index (χ2v) is 1.99. The molecule has 0 aliphatic rings. The summed E-state index contributed by atoms with van der Waals surface area (Å²) >= 11 is 0. The van der Waals surface area contributed by atoms with Gasteiger partial charge in [0, 0.05) is 0 Å². The van der Waals surface area contributed by atoms with Crippen LogP contribution in [0.25, 0.3) is 0 Å².